The second-order valence-electron chi connectivity index (χ2n) is 4.91. The van der Waals surface area contributed by atoms with Gasteiger partial charge in [0.15, 0.2) is 0 Å². The standard InChI is InChI=1S/C15H19N3O3/c19-14(20)8-3-1-2-5-9-16-15(21)12-11-18-10-6-4-7-13(18)17-12/h4,6-7,10-11H,1-3,5,8-9H2,(H,16,21)(H,19,20). The molecule has 21 heavy (non-hydrogen) atoms. The van der Waals surface area contributed by atoms with Gasteiger partial charge in [-0.2, -0.15) is 0 Å². The molecule has 2 aromatic heterocycles. The number of carboxylic acid groups (broad SMARTS) is 1. The third-order valence-electron chi connectivity index (χ3n) is 3.20. The average Bonchev–Trinajstić information content (AvgIpc) is 2.89. The molecule has 0 spiro atoms. The number of carboxylic acids is 1. The van der Waals surface area contributed by atoms with E-state index in [4.69, 9.17) is 5.11 Å². The van der Waals surface area contributed by atoms with Gasteiger partial charge in [0.2, 0.25) is 0 Å². The zero-order valence-corrected chi connectivity index (χ0v) is 11.8. The molecule has 0 aliphatic carbocycles. The van der Waals surface area contributed by atoms with Gasteiger partial charge in [0, 0.05) is 25.4 Å². The van der Waals surface area contributed by atoms with Crippen LogP contribution in [0.4, 0.5) is 0 Å². The maximum absolute atomic E-state index is 11.9. The average molecular weight is 289 g/mol. The number of unbranched alkanes of at least 4 members (excludes halogenated alkanes) is 3. The number of nitrogens with zero attached hydrogens (tertiary/aromatic N) is 2. The lowest BCUT2D eigenvalue weighted by molar-refractivity contribution is -0.137. The van der Waals surface area contributed by atoms with Crippen molar-refractivity contribution in [2.45, 2.75) is 32.1 Å². The first kappa shape index (κ1) is 15.0. The van der Waals surface area contributed by atoms with E-state index in [1.165, 1.54) is 0 Å². The van der Waals surface area contributed by atoms with Crippen LogP contribution in [-0.2, 0) is 4.79 Å². The third-order valence-corrected chi connectivity index (χ3v) is 3.20. The molecule has 0 radical (unpaired) electrons. The van der Waals surface area contributed by atoms with E-state index in [0.29, 0.717) is 18.7 Å². The summed E-state index contributed by atoms with van der Waals surface area (Å²) in [4.78, 5) is 26.5. The number of nitrogens with one attached hydrogen (secondary N) is 1. The van der Waals surface area contributed by atoms with E-state index in [-0.39, 0.29) is 12.3 Å². The molecule has 0 saturated heterocycles. The maximum atomic E-state index is 11.9. The summed E-state index contributed by atoms with van der Waals surface area (Å²) in [5, 5.41) is 11.3. The molecule has 0 saturated carbocycles. The maximum Gasteiger partial charge on any atom is 0.303 e. The zero-order valence-electron chi connectivity index (χ0n) is 11.8. The van der Waals surface area contributed by atoms with E-state index in [2.05, 4.69) is 10.3 Å². The molecule has 2 aromatic rings. The van der Waals surface area contributed by atoms with Crippen LogP contribution in [0, 0.1) is 0 Å². The normalized spacial score (nSPS) is 10.7. The lowest BCUT2D eigenvalue weighted by Crippen LogP contribution is -2.24. The highest BCUT2D eigenvalue weighted by atomic mass is 16.4. The Morgan fingerprint density at radius 1 is 1.19 bits per heavy atom. The molecule has 2 rings (SSSR count). The Balaban J connectivity index is 1.69. The molecule has 0 unspecified atom stereocenters. The first-order valence-corrected chi connectivity index (χ1v) is 7.10. The molecular weight excluding hydrogens is 270 g/mol. The minimum atomic E-state index is -0.754. The zero-order chi connectivity index (χ0) is 15.1. The van der Waals surface area contributed by atoms with Crippen molar-refractivity contribution < 1.29 is 14.7 Å². The second kappa shape index (κ2) is 7.42. The van der Waals surface area contributed by atoms with Crippen molar-refractivity contribution in [1.29, 1.82) is 0 Å². The Kier molecular flexibility index (Phi) is 5.31. The number of imidazole rings is 1. The Hall–Kier alpha value is -2.37. The lowest BCUT2D eigenvalue weighted by atomic mass is 10.1. The van der Waals surface area contributed by atoms with E-state index in [0.717, 1.165) is 24.9 Å². The summed E-state index contributed by atoms with van der Waals surface area (Å²) in [5.74, 6) is -0.931. The molecule has 0 aliphatic rings. The fraction of sp³-hybridized carbons (Fsp3) is 0.400. The molecule has 1 amide bonds. The summed E-state index contributed by atoms with van der Waals surface area (Å²) in [6.07, 6.45) is 7.09. The summed E-state index contributed by atoms with van der Waals surface area (Å²) < 4.78 is 1.81. The Morgan fingerprint density at radius 3 is 2.76 bits per heavy atom. The lowest BCUT2D eigenvalue weighted by Gasteiger charge is -2.02. The van der Waals surface area contributed by atoms with Gasteiger partial charge < -0.3 is 14.8 Å². The van der Waals surface area contributed by atoms with Gasteiger partial charge in [-0.15, -0.1) is 0 Å². The number of hydrogen-bond donors (Lipinski definition) is 2. The van der Waals surface area contributed by atoms with Crippen molar-refractivity contribution >= 4 is 17.5 Å². The number of amides is 1. The molecule has 0 fully saturated rings. The highest BCUT2D eigenvalue weighted by Crippen LogP contribution is 2.05. The van der Waals surface area contributed by atoms with Gasteiger partial charge in [-0.3, -0.25) is 9.59 Å². The van der Waals surface area contributed by atoms with E-state index >= 15 is 0 Å². The van der Waals surface area contributed by atoms with Crippen molar-refractivity contribution in [1.82, 2.24) is 14.7 Å². The van der Waals surface area contributed by atoms with Crippen LogP contribution in [0.25, 0.3) is 5.65 Å². The molecule has 112 valence electrons. The molecular formula is C15H19N3O3. The van der Waals surface area contributed by atoms with Gasteiger partial charge in [0.1, 0.15) is 11.3 Å². The van der Waals surface area contributed by atoms with Crippen LogP contribution in [-0.4, -0.2) is 32.9 Å². The van der Waals surface area contributed by atoms with Gasteiger partial charge in [-0.05, 0) is 25.0 Å². The largest absolute Gasteiger partial charge is 0.481 e. The SMILES string of the molecule is O=C(O)CCCCCCNC(=O)c1cn2ccccc2n1. The molecule has 6 nitrogen and oxygen atoms in total. The number of rotatable bonds is 8. The summed E-state index contributed by atoms with van der Waals surface area (Å²) >= 11 is 0. The summed E-state index contributed by atoms with van der Waals surface area (Å²) in [5.41, 5.74) is 1.16. The van der Waals surface area contributed by atoms with Crippen LogP contribution >= 0.6 is 0 Å². The van der Waals surface area contributed by atoms with Gasteiger partial charge in [-0.25, -0.2) is 4.98 Å². The third kappa shape index (κ3) is 4.59. The molecule has 0 atom stereocenters. The second-order valence-corrected chi connectivity index (χ2v) is 4.91. The van der Waals surface area contributed by atoms with Gasteiger partial charge >= 0.3 is 5.97 Å². The summed E-state index contributed by atoms with van der Waals surface area (Å²) in [6.45, 7) is 0.583. The minimum Gasteiger partial charge on any atom is -0.481 e. The van der Waals surface area contributed by atoms with Crippen molar-refractivity contribution in [3.05, 3.63) is 36.3 Å². The van der Waals surface area contributed by atoms with E-state index in [9.17, 15) is 9.59 Å². The smallest absolute Gasteiger partial charge is 0.303 e. The molecule has 0 aromatic carbocycles. The van der Waals surface area contributed by atoms with Crippen LogP contribution in [0.2, 0.25) is 0 Å². The van der Waals surface area contributed by atoms with Crippen molar-refractivity contribution in [3.8, 4) is 0 Å². The van der Waals surface area contributed by atoms with Gasteiger partial charge in [0.25, 0.3) is 5.91 Å². The number of pyridine rings is 1. The Morgan fingerprint density at radius 2 is 2.00 bits per heavy atom. The topological polar surface area (TPSA) is 83.7 Å². The molecule has 2 N–H and O–H groups in total. The van der Waals surface area contributed by atoms with E-state index in [1.807, 2.05) is 24.4 Å². The minimum absolute atomic E-state index is 0.177. The molecule has 0 aliphatic heterocycles. The van der Waals surface area contributed by atoms with Crippen molar-refractivity contribution in [3.63, 3.8) is 0 Å². The highest BCUT2D eigenvalue weighted by molar-refractivity contribution is 5.92. The summed E-state index contributed by atoms with van der Waals surface area (Å²) in [7, 11) is 0. The van der Waals surface area contributed by atoms with Crippen molar-refractivity contribution in [2.75, 3.05) is 6.54 Å². The Bertz CT molecular complexity index is 588. The number of fused-ring (bicyclic) bond motifs is 1. The molecule has 6 heteroatoms. The number of carbonyl (C=O) groups excluding carboxylic acids is 1. The quantitative estimate of drug-likeness (QED) is 0.729. The Labute approximate surface area is 122 Å². The predicted octanol–water partition coefficient (Wildman–Crippen LogP) is 2.10. The number of carbonyl (C=O) groups is 2. The van der Waals surface area contributed by atoms with Gasteiger partial charge in [-0.1, -0.05) is 18.9 Å². The number of aliphatic carboxylic acids is 1. The van der Waals surface area contributed by atoms with Crippen molar-refractivity contribution in [2.24, 2.45) is 0 Å². The van der Waals surface area contributed by atoms with Crippen LogP contribution < -0.4 is 5.32 Å². The van der Waals surface area contributed by atoms with Crippen LogP contribution in [0.3, 0.4) is 0 Å². The van der Waals surface area contributed by atoms with E-state index < -0.39 is 5.97 Å². The number of hydrogen-bond acceptors (Lipinski definition) is 3. The predicted molar refractivity (Wildman–Crippen MR) is 78.2 cm³/mol. The molecule has 0 bridgehead atoms. The molecule has 2 heterocycles. The summed E-state index contributed by atoms with van der Waals surface area (Å²) in [6, 6.07) is 5.61. The monoisotopic (exact) mass is 289 g/mol. The van der Waals surface area contributed by atoms with Crippen LogP contribution in [0.15, 0.2) is 30.6 Å². The first-order valence-electron chi connectivity index (χ1n) is 7.10. The van der Waals surface area contributed by atoms with Crippen LogP contribution in [0.5, 0.6) is 0 Å². The van der Waals surface area contributed by atoms with Gasteiger partial charge in [0.05, 0.1) is 0 Å². The first-order chi connectivity index (χ1) is 10.2. The highest BCUT2D eigenvalue weighted by Gasteiger charge is 2.09. The van der Waals surface area contributed by atoms with E-state index in [1.54, 1.807) is 10.6 Å². The number of aromatic nitrogens is 2. The van der Waals surface area contributed by atoms with Crippen LogP contribution in [0.1, 0.15) is 42.6 Å². The fourth-order valence-corrected chi connectivity index (χ4v) is 2.09. The fourth-order valence-electron chi connectivity index (χ4n) is 2.09.